The standard InChI is InChI=1S/C10H19N/c1-9-4-3-5-10(2,8-9)11-7-6-9/h11H,3-8H2,1-2H3/t9-,10-/m0/s1. The van der Waals surface area contributed by atoms with Gasteiger partial charge in [-0.2, -0.15) is 0 Å². The highest BCUT2D eigenvalue weighted by atomic mass is 15.0. The van der Waals surface area contributed by atoms with Crippen LogP contribution in [0.15, 0.2) is 0 Å². The number of piperidine rings is 1. The Balaban J connectivity index is 2.16. The molecule has 0 radical (unpaired) electrons. The van der Waals surface area contributed by atoms with Crippen molar-refractivity contribution in [1.82, 2.24) is 5.32 Å². The highest BCUT2D eigenvalue weighted by Crippen LogP contribution is 2.45. The molecular formula is C10H19N. The van der Waals surface area contributed by atoms with Crippen molar-refractivity contribution in [1.29, 1.82) is 0 Å². The summed E-state index contributed by atoms with van der Waals surface area (Å²) in [6.07, 6.45) is 7.08. The van der Waals surface area contributed by atoms with Crippen molar-refractivity contribution >= 4 is 0 Å². The first-order chi connectivity index (χ1) is 5.12. The molecule has 0 spiro atoms. The first kappa shape index (κ1) is 7.60. The molecule has 2 bridgehead atoms. The summed E-state index contributed by atoms with van der Waals surface area (Å²) < 4.78 is 0. The first-order valence-electron chi connectivity index (χ1n) is 4.87. The maximum Gasteiger partial charge on any atom is 0.0158 e. The molecule has 1 saturated carbocycles. The van der Waals surface area contributed by atoms with Crippen molar-refractivity contribution in [2.24, 2.45) is 5.41 Å². The summed E-state index contributed by atoms with van der Waals surface area (Å²) in [5, 5.41) is 3.65. The summed E-state index contributed by atoms with van der Waals surface area (Å²) in [7, 11) is 0. The lowest BCUT2D eigenvalue weighted by Gasteiger charge is -2.50. The van der Waals surface area contributed by atoms with Gasteiger partial charge in [0.1, 0.15) is 0 Å². The molecule has 1 nitrogen and oxygen atoms in total. The van der Waals surface area contributed by atoms with Gasteiger partial charge in [-0.25, -0.2) is 0 Å². The van der Waals surface area contributed by atoms with E-state index >= 15 is 0 Å². The van der Waals surface area contributed by atoms with Crippen molar-refractivity contribution in [2.75, 3.05) is 6.54 Å². The molecule has 1 aliphatic carbocycles. The van der Waals surface area contributed by atoms with E-state index in [9.17, 15) is 0 Å². The number of fused-ring (bicyclic) bond motifs is 2. The Morgan fingerprint density at radius 3 is 2.55 bits per heavy atom. The molecule has 2 rings (SSSR count). The van der Waals surface area contributed by atoms with Crippen LogP contribution in [0.5, 0.6) is 0 Å². The summed E-state index contributed by atoms with van der Waals surface area (Å²) in [6, 6.07) is 0. The Labute approximate surface area is 69.6 Å². The molecule has 0 aromatic heterocycles. The van der Waals surface area contributed by atoms with E-state index in [4.69, 9.17) is 0 Å². The van der Waals surface area contributed by atoms with Crippen LogP contribution in [-0.4, -0.2) is 12.1 Å². The molecule has 0 unspecified atom stereocenters. The second kappa shape index (κ2) is 2.22. The molecular weight excluding hydrogens is 134 g/mol. The molecule has 1 heteroatoms. The topological polar surface area (TPSA) is 12.0 Å². The van der Waals surface area contributed by atoms with Crippen molar-refractivity contribution in [3.05, 3.63) is 0 Å². The summed E-state index contributed by atoms with van der Waals surface area (Å²) in [5.74, 6) is 0. The van der Waals surface area contributed by atoms with Crippen molar-refractivity contribution < 1.29 is 0 Å². The zero-order chi connectivity index (χ0) is 7.95. The third-order valence-corrected chi connectivity index (χ3v) is 3.61. The molecule has 1 aliphatic heterocycles. The van der Waals surface area contributed by atoms with Crippen LogP contribution in [0.4, 0.5) is 0 Å². The van der Waals surface area contributed by atoms with E-state index in [0.29, 0.717) is 11.0 Å². The molecule has 2 aliphatic rings. The summed E-state index contributed by atoms with van der Waals surface area (Å²) in [4.78, 5) is 0. The van der Waals surface area contributed by atoms with Gasteiger partial charge in [0.2, 0.25) is 0 Å². The third kappa shape index (κ3) is 1.31. The van der Waals surface area contributed by atoms with Gasteiger partial charge in [0, 0.05) is 5.54 Å². The largest absolute Gasteiger partial charge is 0.311 e. The summed E-state index contributed by atoms with van der Waals surface area (Å²) in [6.45, 7) is 6.10. The molecule has 64 valence electrons. The van der Waals surface area contributed by atoms with Crippen LogP contribution in [0.3, 0.4) is 0 Å². The normalized spacial score (nSPS) is 50.7. The lowest BCUT2D eigenvalue weighted by molar-refractivity contribution is 0.0671. The van der Waals surface area contributed by atoms with Crippen LogP contribution >= 0.6 is 0 Å². The van der Waals surface area contributed by atoms with Crippen LogP contribution < -0.4 is 5.32 Å². The van der Waals surface area contributed by atoms with Gasteiger partial charge in [0.15, 0.2) is 0 Å². The molecule has 2 atom stereocenters. The maximum atomic E-state index is 3.65. The van der Waals surface area contributed by atoms with E-state index in [1.165, 1.54) is 38.6 Å². The predicted octanol–water partition coefficient (Wildman–Crippen LogP) is 2.32. The van der Waals surface area contributed by atoms with Crippen LogP contribution in [0.2, 0.25) is 0 Å². The predicted molar refractivity (Wildman–Crippen MR) is 47.6 cm³/mol. The van der Waals surface area contributed by atoms with E-state index in [1.54, 1.807) is 0 Å². The van der Waals surface area contributed by atoms with Gasteiger partial charge in [0.25, 0.3) is 0 Å². The fourth-order valence-corrected chi connectivity index (χ4v) is 3.05. The lowest BCUT2D eigenvalue weighted by atomic mass is 9.64. The lowest BCUT2D eigenvalue weighted by Crippen LogP contribution is -2.54. The molecule has 1 N–H and O–H groups in total. The fraction of sp³-hybridized carbons (Fsp3) is 1.00. The van der Waals surface area contributed by atoms with E-state index in [-0.39, 0.29) is 0 Å². The van der Waals surface area contributed by atoms with E-state index in [0.717, 1.165) is 0 Å². The molecule has 1 saturated heterocycles. The second-order valence-corrected chi connectivity index (χ2v) is 5.08. The van der Waals surface area contributed by atoms with E-state index < -0.39 is 0 Å². The van der Waals surface area contributed by atoms with Crippen molar-refractivity contribution in [2.45, 2.75) is 51.5 Å². The van der Waals surface area contributed by atoms with Crippen LogP contribution in [0, 0.1) is 5.41 Å². The van der Waals surface area contributed by atoms with Gasteiger partial charge >= 0.3 is 0 Å². The molecule has 0 amide bonds. The minimum atomic E-state index is 0.491. The minimum Gasteiger partial charge on any atom is -0.311 e. The summed E-state index contributed by atoms with van der Waals surface area (Å²) >= 11 is 0. The fourth-order valence-electron chi connectivity index (χ4n) is 3.05. The zero-order valence-electron chi connectivity index (χ0n) is 7.74. The zero-order valence-corrected chi connectivity index (χ0v) is 7.74. The second-order valence-electron chi connectivity index (χ2n) is 5.08. The Morgan fingerprint density at radius 1 is 1.09 bits per heavy atom. The molecule has 0 aromatic carbocycles. The average Bonchev–Trinajstić information content (AvgIpc) is 1.83. The quantitative estimate of drug-likeness (QED) is 0.563. The van der Waals surface area contributed by atoms with Gasteiger partial charge in [-0.3, -0.25) is 0 Å². The van der Waals surface area contributed by atoms with E-state index in [2.05, 4.69) is 19.2 Å². The smallest absolute Gasteiger partial charge is 0.0158 e. The van der Waals surface area contributed by atoms with Gasteiger partial charge in [-0.1, -0.05) is 13.3 Å². The Kier molecular flexibility index (Phi) is 1.54. The van der Waals surface area contributed by atoms with Crippen LogP contribution in [0.1, 0.15) is 46.0 Å². The molecule has 1 heterocycles. The maximum absolute atomic E-state index is 3.65. The number of rotatable bonds is 0. The number of hydrogen-bond donors (Lipinski definition) is 1. The summed E-state index contributed by atoms with van der Waals surface area (Å²) in [5.41, 5.74) is 1.17. The SMILES string of the molecule is C[C@@]12CCC[C@@](C)(C1)NCC2. The minimum absolute atomic E-state index is 0.491. The van der Waals surface area contributed by atoms with Gasteiger partial charge in [0.05, 0.1) is 0 Å². The number of hydrogen-bond acceptors (Lipinski definition) is 1. The van der Waals surface area contributed by atoms with E-state index in [1.807, 2.05) is 0 Å². The Morgan fingerprint density at radius 2 is 1.91 bits per heavy atom. The Bertz CT molecular complexity index is 136. The van der Waals surface area contributed by atoms with Crippen molar-refractivity contribution in [3.63, 3.8) is 0 Å². The van der Waals surface area contributed by atoms with Gasteiger partial charge < -0.3 is 5.32 Å². The Hall–Kier alpha value is -0.0400. The first-order valence-corrected chi connectivity index (χ1v) is 4.87. The monoisotopic (exact) mass is 153 g/mol. The van der Waals surface area contributed by atoms with Crippen molar-refractivity contribution in [3.8, 4) is 0 Å². The van der Waals surface area contributed by atoms with Crippen LogP contribution in [0.25, 0.3) is 0 Å². The molecule has 0 aromatic rings. The van der Waals surface area contributed by atoms with Gasteiger partial charge in [-0.05, 0) is 44.6 Å². The highest BCUT2D eigenvalue weighted by molar-refractivity contribution is 4.99. The average molecular weight is 153 g/mol. The van der Waals surface area contributed by atoms with Crippen LogP contribution in [-0.2, 0) is 0 Å². The third-order valence-electron chi connectivity index (χ3n) is 3.61. The molecule has 11 heavy (non-hydrogen) atoms. The van der Waals surface area contributed by atoms with Gasteiger partial charge in [-0.15, -0.1) is 0 Å². The molecule has 2 fully saturated rings. The number of nitrogens with one attached hydrogen (secondary N) is 1. The highest BCUT2D eigenvalue weighted by Gasteiger charge is 2.41.